The third kappa shape index (κ3) is 3.70. The Balaban J connectivity index is 1.32. The third-order valence-corrected chi connectivity index (χ3v) is 11.4. The van der Waals surface area contributed by atoms with Crippen molar-refractivity contribution in [1.29, 1.82) is 0 Å². The Bertz CT molecular complexity index is 2850. The molecule has 11 rings (SSSR count). The maximum Gasteiger partial charge on any atom is 0.0706 e. The fourth-order valence-corrected chi connectivity index (χ4v) is 9.29. The quantitative estimate of drug-likeness (QED) is 0.206. The van der Waals surface area contributed by atoms with Crippen LogP contribution in [-0.4, -0.2) is 32.8 Å². The number of allylic oxidation sites excluding steroid dienone is 2. The Labute approximate surface area is 283 Å². The van der Waals surface area contributed by atoms with E-state index in [1.54, 1.807) is 0 Å². The Morgan fingerprint density at radius 1 is 0.469 bits per heavy atom. The van der Waals surface area contributed by atoms with E-state index in [1.165, 1.54) is 76.5 Å². The van der Waals surface area contributed by atoms with Crippen LogP contribution in [0.5, 0.6) is 0 Å². The molecule has 4 unspecified atom stereocenters. The molecule has 4 atom stereocenters. The van der Waals surface area contributed by atoms with Crippen molar-refractivity contribution in [2.75, 3.05) is 7.05 Å². The van der Waals surface area contributed by atoms with E-state index in [4.69, 9.17) is 0 Å². The van der Waals surface area contributed by atoms with Crippen LogP contribution in [0, 0.1) is 0 Å². The molecule has 1 saturated heterocycles. The van der Waals surface area contributed by atoms with Crippen LogP contribution in [0.2, 0.25) is 0 Å². The van der Waals surface area contributed by atoms with E-state index >= 15 is 0 Å². The molecule has 0 saturated carbocycles. The number of hydrogen-bond donors (Lipinski definition) is 1. The molecule has 2 aliphatic rings. The number of hydrogen-bond acceptors (Lipinski definition) is 2. The molecule has 0 bridgehead atoms. The minimum absolute atomic E-state index is 0.0711. The summed E-state index contributed by atoms with van der Waals surface area (Å²) in [5.74, 6) is 0. The topological polar surface area (TPSA) is 24.1 Å². The first-order valence-corrected chi connectivity index (χ1v) is 17.3. The van der Waals surface area contributed by atoms with Crippen molar-refractivity contribution < 1.29 is 0 Å². The maximum atomic E-state index is 4.12. The van der Waals surface area contributed by atoms with Gasteiger partial charge in [0.1, 0.15) is 0 Å². The molecule has 1 aliphatic heterocycles. The van der Waals surface area contributed by atoms with Crippen LogP contribution in [0.3, 0.4) is 0 Å². The highest BCUT2D eigenvalue weighted by Gasteiger charge is 2.40. The number of rotatable bonds is 2. The van der Waals surface area contributed by atoms with Gasteiger partial charge in [-0.1, -0.05) is 133 Å². The van der Waals surface area contributed by atoms with Crippen molar-refractivity contribution in [3.05, 3.63) is 169 Å². The van der Waals surface area contributed by atoms with Gasteiger partial charge in [-0.3, -0.25) is 4.90 Å². The van der Waals surface area contributed by atoms with E-state index < -0.39 is 0 Å². The number of aromatic nitrogens is 2. The predicted molar refractivity (Wildman–Crippen MR) is 205 cm³/mol. The summed E-state index contributed by atoms with van der Waals surface area (Å²) < 4.78 is 5.07. The first-order chi connectivity index (χ1) is 24.3. The van der Waals surface area contributed by atoms with Crippen LogP contribution < -0.4 is 5.32 Å². The monoisotopic (exact) mass is 630 g/mol. The highest BCUT2D eigenvalue weighted by Crippen LogP contribution is 2.44. The molecule has 0 amide bonds. The summed E-state index contributed by atoms with van der Waals surface area (Å²) in [6, 6.07) is 50.5. The SMILES string of the molecule is CN1C2C=CC=CC2NC(c2ccc3c(c2)n2c4ccccc4c4cccc(c5cccc6c7ccccc7n3c65)c42)C1c1ccccc1. The Kier molecular flexibility index (Phi) is 5.66. The van der Waals surface area contributed by atoms with E-state index in [-0.39, 0.29) is 24.2 Å². The van der Waals surface area contributed by atoms with Gasteiger partial charge in [-0.05, 0) is 42.4 Å². The molecule has 4 nitrogen and oxygen atoms in total. The van der Waals surface area contributed by atoms with Gasteiger partial charge in [-0.15, -0.1) is 0 Å². The number of nitrogens with one attached hydrogen (secondary N) is 1. The van der Waals surface area contributed by atoms with Crippen molar-refractivity contribution >= 4 is 65.4 Å². The first kappa shape index (κ1) is 27.3. The van der Waals surface area contributed by atoms with E-state index in [9.17, 15) is 0 Å². The lowest BCUT2D eigenvalue weighted by atomic mass is 9.84. The zero-order valence-corrected chi connectivity index (χ0v) is 27.2. The van der Waals surface area contributed by atoms with Crippen molar-refractivity contribution in [3.63, 3.8) is 0 Å². The lowest BCUT2D eigenvalue weighted by Crippen LogP contribution is -2.57. The van der Waals surface area contributed by atoms with Gasteiger partial charge in [0.05, 0.1) is 45.2 Å². The first-order valence-electron chi connectivity index (χ1n) is 17.3. The van der Waals surface area contributed by atoms with E-state index in [1.807, 2.05) is 0 Å². The molecule has 0 spiro atoms. The Morgan fingerprint density at radius 2 is 1.02 bits per heavy atom. The molecular weight excluding hydrogens is 597 g/mol. The zero-order chi connectivity index (χ0) is 32.2. The molecule has 4 heteroatoms. The minimum atomic E-state index is 0.0711. The average Bonchev–Trinajstić information content (AvgIpc) is 3.68. The lowest BCUT2D eigenvalue weighted by molar-refractivity contribution is 0.0908. The molecule has 1 fully saturated rings. The number of piperazine rings is 1. The minimum Gasteiger partial charge on any atom is -0.307 e. The molecular formula is C45H34N4. The number of nitrogens with zero attached hydrogens (tertiary/aromatic N) is 3. The van der Waals surface area contributed by atoms with Crippen LogP contribution in [-0.2, 0) is 0 Å². The van der Waals surface area contributed by atoms with E-state index in [0.717, 1.165) is 0 Å². The molecule has 1 aliphatic carbocycles. The maximum absolute atomic E-state index is 4.12. The second-order valence-corrected chi connectivity index (χ2v) is 13.8. The standard InChI is InChI=1S/C45H34N4/c1-47-39-24-10-7-21-36(39)46-42(43(47)28-13-3-2-4-14-28)29-25-26-40-41(27-29)49-38-23-9-6-16-31(38)33-18-12-20-35(45(33)49)34-19-11-17-32-30-15-5-8-22-37(30)48(40)44(32)34/h2-27,36,39,42-43,46H,1H3. The van der Waals surface area contributed by atoms with Gasteiger partial charge in [-0.2, -0.15) is 0 Å². The van der Waals surface area contributed by atoms with Gasteiger partial charge in [0.25, 0.3) is 0 Å². The summed E-state index contributed by atoms with van der Waals surface area (Å²) in [4.78, 5) is 2.57. The molecule has 1 N–H and O–H groups in total. The molecule has 0 radical (unpaired) electrons. The molecule has 49 heavy (non-hydrogen) atoms. The molecule has 6 aromatic carbocycles. The summed E-state index contributed by atoms with van der Waals surface area (Å²) >= 11 is 0. The summed E-state index contributed by atoms with van der Waals surface area (Å²) in [5.41, 5.74) is 9.98. The van der Waals surface area contributed by atoms with Crippen molar-refractivity contribution in [2.45, 2.75) is 24.2 Å². The van der Waals surface area contributed by atoms with Crippen LogP contribution in [0.1, 0.15) is 23.2 Å². The molecule has 3 aromatic heterocycles. The number of fused-ring (bicyclic) bond motifs is 11. The van der Waals surface area contributed by atoms with Gasteiger partial charge in [0.2, 0.25) is 0 Å². The van der Waals surface area contributed by atoms with Crippen molar-refractivity contribution in [3.8, 4) is 0 Å². The largest absolute Gasteiger partial charge is 0.307 e. The van der Waals surface area contributed by atoms with Gasteiger partial charge in [0, 0.05) is 44.4 Å². The molecule has 4 heterocycles. The highest BCUT2D eigenvalue weighted by molar-refractivity contribution is 6.25. The third-order valence-electron chi connectivity index (χ3n) is 11.4. The van der Waals surface area contributed by atoms with E-state index in [0.29, 0.717) is 0 Å². The van der Waals surface area contributed by atoms with Gasteiger partial charge < -0.3 is 14.1 Å². The van der Waals surface area contributed by atoms with Gasteiger partial charge >= 0.3 is 0 Å². The Hall–Kier alpha value is -5.68. The fraction of sp³-hybridized carbons (Fsp3) is 0.111. The second kappa shape index (κ2) is 10.2. The second-order valence-electron chi connectivity index (χ2n) is 13.8. The summed E-state index contributed by atoms with van der Waals surface area (Å²) in [6.45, 7) is 0. The molecule has 234 valence electrons. The smallest absolute Gasteiger partial charge is 0.0706 e. The Morgan fingerprint density at radius 3 is 1.69 bits per heavy atom. The van der Waals surface area contributed by atoms with Gasteiger partial charge in [0.15, 0.2) is 0 Å². The summed E-state index contributed by atoms with van der Waals surface area (Å²) in [6.07, 6.45) is 9.03. The number of likely N-dealkylation sites (N-methyl/N-ethyl adjacent to an activating group) is 1. The predicted octanol–water partition coefficient (Wildman–Crippen LogP) is 10.1. The molecule has 9 aromatic rings. The van der Waals surface area contributed by atoms with Crippen molar-refractivity contribution in [1.82, 2.24) is 19.0 Å². The number of para-hydroxylation sites is 4. The van der Waals surface area contributed by atoms with Crippen molar-refractivity contribution in [2.24, 2.45) is 0 Å². The van der Waals surface area contributed by atoms with E-state index in [2.05, 4.69) is 184 Å². The van der Waals surface area contributed by atoms with Crippen LogP contribution in [0.25, 0.3) is 65.4 Å². The van der Waals surface area contributed by atoms with Crippen LogP contribution in [0.4, 0.5) is 0 Å². The number of benzene rings is 6. The lowest BCUT2D eigenvalue weighted by Gasteiger charge is -2.49. The zero-order valence-electron chi connectivity index (χ0n) is 27.2. The van der Waals surface area contributed by atoms with Gasteiger partial charge in [-0.25, -0.2) is 0 Å². The average molecular weight is 631 g/mol. The summed E-state index contributed by atoms with van der Waals surface area (Å²) in [7, 11) is 2.29. The van der Waals surface area contributed by atoms with Crippen LogP contribution in [0.15, 0.2) is 158 Å². The summed E-state index contributed by atoms with van der Waals surface area (Å²) in [5, 5.41) is 11.8. The highest BCUT2D eigenvalue weighted by atomic mass is 15.3. The normalized spacial score (nSPS) is 21.2. The van der Waals surface area contributed by atoms with Crippen LogP contribution >= 0.6 is 0 Å². The fourth-order valence-electron chi connectivity index (χ4n) is 9.29.